The first-order valence-corrected chi connectivity index (χ1v) is 14.4. The van der Waals surface area contributed by atoms with Crippen molar-refractivity contribution in [2.45, 2.75) is 31.3 Å². The van der Waals surface area contributed by atoms with Crippen molar-refractivity contribution in [2.24, 2.45) is 0 Å². The number of halogens is 2. The lowest BCUT2D eigenvalue weighted by Crippen LogP contribution is -2.51. The number of nitrogens with one attached hydrogen (secondary N) is 1. The van der Waals surface area contributed by atoms with Crippen LogP contribution in [0.2, 0.25) is 5.02 Å². The molecule has 0 bridgehead atoms. The van der Waals surface area contributed by atoms with Crippen LogP contribution in [0.25, 0.3) is 0 Å². The van der Waals surface area contributed by atoms with E-state index in [0.29, 0.717) is 12.3 Å². The zero-order valence-electron chi connectivity index (χ0n) is 21.2. The molecule has 0 saturated carbocycles. The number of carbonyl (C=O) groups is 2. The number of anilines is 1. The summed E-state index contributed by atoms with van der Waals surface area (Å²) in [6, 6.07) is 18.8. The fraction of sp³-hybridized carbons (Fsp3) is 0.259. The highest BCUT2D eigenvalue weighted by atomic mass is 79.9. The van der Waals surface area contributed by atoms with Gasteiger partial charge in [-0.15, -0.1) is 0 Å². The van der Waals surface area contributed by atoms with Gasteiger partial charge in [-0.25, -0.2) is 8.42 Å². The maximum absolute atomic E-state index is 13.8. The molecule has 3 aromatic carbocycles. The van der Waals surface area contributed by atoms with Crippen molar-refractivity contribution in [1.82, 2.24) is 10.2 Å². The molecule has 202 valence electrons. The van der Waals surface area contributed by atoms with Crippen LogP contribution in [0.4, 0.5) is 5.69 Å². The lowest BCUT2D eigenvalue weighted by atomic mass is 10.1. The van der Waals surface area contributed by atoms with E-state index < -0.39 is 28.5 Å². The molecule has 0 spiro atoms. The predicted octanol–water partition coefficient (Wildman–Crippen LogP) is 4.86. The Morgan fingerprint density at radius 3 is 2.37 bits per heavy atom. The number of hydrogen-bond acceptors (Lipinski definition) is 5. The molecule has 1 N–H and O–H groups in total. The SMILES string of the molecule is CCNC(=O)[C@@H](C)N(Cc1cccc(Br)c1)C(=O)CN(c1ccc(OC)c(Cl)c1)S(=O)(=O)c1ccccc1. The van der Waals surface area contributed by atoms with E-state index in [2.05, 4.69) is 21.2 Å². The van der Waals surface area contributed by atoms with Gasteiger partial charge in [-0.05, 0) is 61.9 Å². The van der Waals surface area contributed by atoms with Gasteiger partial charge in [0.1, 0.15) is 18.3 Å². The Morgan fingerprint density at radius 1 is 1.05 bits per heavy atom. The number of methoxy groups -OCH3 is 1. The number of rotatable bonds is 11. The largest absolute Gasteiger partial charge is 0.495 e. The third kappa shape index (κ3) is 7.06. The van der Waals surface area contributed by atoms with Crippen LogP contribution >= 0.6 is 27.5 Å². The quantitative estimate of drug-likeness (QED) is 0.330. The van der Waals surface area contributed by atoms with Gasteiger partial charge in [-0.2, -0.15) is 0 Å². The average Bonchev–Trinajstić information content (AvgIpc) is 2.90. The van der Waals surface area contributed by atoms with Crippen LogP contribution in [0.1, 0.15) is 19.4 Å². The van der Waals surface area contributed by atoms with Crippen molar-refractivity contribution in [1.29, 1.82) is 0 Å². The molecule has 8 nitrogen and oxygen atoms in total. The minimum atomic E-state index is -4.18. The molecule has 38 heavy (non-hydrogen) atoms. The Kier molecular flexibility index (Phi) is 10.2. The summed E-state index contributed by atoms with van der Waals surface area (Å²) in [5, 5.41) is 2.92. The van der Waals surface area contributed by atoms with E-state index in [1.54, 1.807) is 32.0 Å². The number of benzene rings is 3. The second-order valence-electron chi connectivity index (χ2n) is 8.37. The van der Waals surface area contributed by atoms with E-state index in [9.17, 15) is 18.0 Å². The molecule has 0 radical (unpaired) electrons. The minimum absolute atomic E-state index is 0.00931. The van der Waals surface area contributed by atoms with Gasteiger partial charge < -0.3 is 15.0 Å². The average molecular weight is 623 g/mol. The smallest absolute Gasteiger partial charge is 0.264 e. The maximum atomic E-state index is 13.8. The van der Waals surface area contributed by atoms with Crippen LogP contribution in [0.3, 0.4) is 0 Å². The molecule has 0 aliphatic heterocycles. The molecule has 3 rings (SSSR count). The van der Waals surface area contributed by atoms with Crippen molar-refractivity contribution >= 4 is 55.1 Å². The molecule has 0 unspecified atom stereocenters. The summed E-state index contributed by atoms with van der Waals surface area (Å²) in [6.07, 6.45) is 0. The third-order valence-corrected chi connectivity index (χ3v) is 8.37. The van der Waals surface area contributed by atoms with E-state index in [1.807, 2.05) is 24.3 Å². The Balaban J connectivity index is 2.05. The van der Waals surface area contributed by atoms with Crippen molar-refractivity contribution in [3.63, 3.8) is 0 Å². The molecule has 0 aliphatic rings. The molecule has 11 heteroatoms. The van der Waals surface area contributed by atoms with Crippen LogP contribution in [0.15, 0.2) is 82.2 Å². The fourth-order valence-electron chi connectivity index (χ4n) is 3.80. The Labute approximate surface area is 236 Å². The van der Waals surface area contributed by atoms with Crippen molar-refractivity contribution in [3.05, 3.63) is 87.9 Å². The number of amides is 2. The summed E-state index contributed by atoms with van der Waals surface area (Å²) < 4.78 is 34.5. The Bertz CT molecular complexity index is 1390. The van der Waals surface area contributed by atoms with Gasteiger partial charge >= 0.3 is 0 Å². The van der Waals surface area contributed by atoms with E-state index in [1.165, 1.54) is 42.3 Å². The fourth-order valence-corrected chi connectivity index (χ4v) is 5.92. The number of nitrogens with zero attached hydrogens (tertiary/aromatic N) is 2. The topological polar surface area (TPSA) is 96.0 Å². The van der Waals surface area contributed by atoms with Gasteiger partial charge in [0.2, 0.25) is 11.8 Å². The highest BCUT2D eigenvalue weighted by Crippen LogP contribution is 2.32. The summed E-state index contributed by atoms with van der Waals surface area (Å²) >= 11 is 9.75. The first kappa shape index (κ1) is 29.5. The van der Waals surface area contributed by atoms with Gasteiger partial charge in [0.25, 0.3) is 10.0 Å². The predicted molar refractivity (Wildman–Crippen MR) is 152 cm³/mol. The maximum Gasteiger partial charge on any atom is 0.264 e. The van der Waals surface area contributed by atoms with Gasteiger partial charge in [0.15, 0.2) is 0 Å². The second-order valence-corrected chi connectivity index (χ2v) is 11.6. The number of sulfonamides is 1. The molecule has 1 atom stereocenters. The van der Waals surface area contributed by atoms with Crippen LogP contribution in [0.5, 0.6) is 5.75 Å². The van der Waals surface area contributed by atoms with Crippen LogP contribution < -0.4 is 14.4 Å². The molecule has 2 amide bonds. The second kappa shape index (κ2) is 13.1. The van der Waals surface area contributed by atoms with Gasteiger partial charge in [-0.1, -0.05) is 57.9 Å². The molecule has 0 saturated heterocycles. The van der Waals surface area contributed by atoms with E-state index >= 15 is 0 Å². The lowest BCUT2D eigenvalue weighted by molar-refractivity contribution is -0.139. The van der Waals surface area contributed by atoms with Crippen molar-refractivity contribution < 1.29 is 22.7 Å². The van der Waals surface area contributed by atoms with Crippen molar-refractivity contribution in [3.8, 4) is 5.75 Å². The summed E-state index contributed by atoms with van der Waals surface area (Å²) in [7, 11) is -2.73. The zero-order chi connectivity index (χ0) is 27.9. The molecule has 0 heterocycles. The molecular formula is C27H29BrClN3O5S. The van der Waals surface area contributed by atoms with Crippen LogP contribution in [0, 0.1) is 0 Å². The molecule has 0 fully saturated rings. The lowest BCUT2D eigenvalue weighted by Gasteiger charge is -2.32. The summed E-state index contributed by atoms with van der Waals surface area (Å²) in [6.45, 7) is 3.32. The third-order valence-electron chi connectivity index (χ3n) is 5.79. The number of hydrogen-bond donors (Lipinski definition) is 1. The molecular weight excluding hydrogens is 594 g/mol. The normalized spacial score (nSPS) is 11.9. The highest BCUT2D eigenvalue weighted by Gasteiger charge is 2.32. The number of ether oxygens (including phenoxy) is 1. The highest BCUT2D eigenvalue weighted by molar-refractivity contribution is 9.10. The standard InChI is InChI=1S/C27H29BrClN3O5S/c1-4-30-27(34)19(2)31(17-20-9-8-10-21(28)15-20)26(33)18-32(22-13-14-25(37-3)24(29)16-22)38(35,36)23-11-6-5-7-12-23/h5-16,19H,4,17-18H2,1-3H3,(H,30,34)/t19-/m1/s1. The van der Waals surface area contributed by atoms with Gasteiger partial charge in [-0.3, -0.25) is 13.9 Å². The van der Waals surface area contributed by atoms with E-state index in [-0.39, 0.29) is 28.1 Å². The summed E-state index contributed by atoms with van der Waals surface area (Å²) in [4.78, 5) is 28.0. The number of likely N-dealkylation sites (N-methyl/N-ethyl adjacent to an activating group) is 1. The first-order valence-electron chi connectivity index (χ1n) is 11.8. The van der Waals surface area contributed by atoms with Crippen molar-refractivity contribution in [2.75, 3.05) is 24.5 Å². The van der Waals surface area contributed by atoms with Gasteiger partial charge in [0, 0.05) is 17.6 Å². The Morgan fingerprint density at radius 2 is 1.76 bits per heavy atom. The summed E-state index contributed by atoms with van der Waals surface area (Å²) in [5.41, 5.74) is 0.954. The first-order chi connectivity index (χ1) is 18.1. The monoisotopic (exact) mass is 621 g/mol. The minimum Gasteiger partial charge on any atom is -0.495 e. The zero-order valence-corrected chi connectivity index (χ0v) is 24.4. The summed E-state index contributed by atoms with van der Waals surface area (Å²) in [5.74, 6) is -0.545. The van der Waals surface area contributed by atoms with Crippen LogP contribution in [-0.4, -0.2) is 51.4 Å². The van der Waals surface area contributed by atoms with E-state index in [4.69, 9.17) is 16.3 Å². The molecule has 3 aromatic rings. The van der Waals surface area contributed by atoms with Crippen LogP contribution in [-0.2, 0) is 26.2 Å². The number of carbonyl (C=O) groups excluding carboxylic acids is 2. The molecule has 0 aromatic heterocycles. The molecule has 0 aliphatic carbocycles. The Hall–Kier alpha value is -3.08. The van der Waals surface area contributed by atoms with E-state index in [0.717, 1.165) is 14.3 Å². The van der Waals surface area contributed by atoms with Gasteiger partial charge in [0.05, 0.1) is 22.7 Å².